The monoisotopic (exact) mass is 251 g/mol. The fourth-order valence-electron chi connectivity index (χ4n) is 1.50. The smallest absolute Gasteiger partial charge is 0.336 e. The first kappa shape index (κ1) is 11.5. The third-order valence-electron chi connectivity index (χ3n) is 2.23. The maximum absolute atomic E-state index is 13.0. The molecule has 2 aromatic rings. The molecule has 1 aromatic carbocycles. The average Bonchev–Trinajstić information content (AvgIpc) is 2.28. The number of rotatable bonds is 2. The van der Waals surface area contributed by atoms with Crippen molar-refractivity contribution in [2.45, 2.75) is 0 Å². The first-order valence-corrected chi connectivity index (χ1v) is 5.09. The van der Waals surface area contributed by atoms with Gasteiger partial charge in [-0.05, 0) is 29.8 Å². The highest BCUT2D eigenvalue weighted by atomic mass is 35.5. The van der Waals surface area contributed by atoms with Crippen LogP contribution in [0.15, 0.2) is 36.7 Å². The molecule has 86 valence electrons. The van der Waals surface area contributed by atoms with Gasteiger partial charge in [-0.3, -0.25) is 4.98 Å². The summed E-state index contributed by atoms with van der Waals surface area (Å²) in [5.74, 6) is -1.63. The van der Waals surface area contributed by atoms with Crippen molar-refractivity contribution < 1.29 is 14.3 Å². The van der Waals surface area contributed by atoms with E-state index in [-0.39, 0.29) is 5.56 Å². The van der Waals surface area contributed by atoms with Crippen LogP contribution < -0.4 is 0 Å². The van der Waals surface area contributed by atoms with Gasteiger partial charge in [0.25, 0.3) is 0 Å². The number of carboxylic acid groups (broad SMARTS) is 1. The summed E-state index contributed by atoms with van der Waals surface area (Å²) in [6.07, 6.45) is 2.44. The van der Waals surface area contributed by atoms with Crippen molar-refractivity contribution in [3.63, 3.8) is 0 Å². The van der Waals surface area contributed by atoms with Gasteiger partial charge >= 0.3 is 5.97 Å². The molecule has 0 saturated heterocycles. The minimum atomic E-state index is -1.10. The van der Waals surface area contributed by atoms with Gasteiger partial charge in [0.05, 0.1) is 11.8 Å². The van der Waals surface area contributed by atoms with E-state index in [2.05, 4.69) is 4.98 Å². The van der Waals surface area contributed by atoms with Crippen LogP contribution in [0.2, 0.25) is 5.02 Å². The third kappa shape index (κ3) is 2.42. The number of pyridine rings is 1. The van der Waals surface area contributed by atoms with Gasteiger partial charge in [-0.15, -0.1) is 0 Å². The van der Waals surface area contributed by atoms with Crippen LogP contribution >= 0.6 is 11.6 Å². The lowest BCUT2D eigenvalue weighted by molar-refractivity contribution is 0.0697. The van der Waals surface area contributed by atoms with Crippen molar-refractivity contribution in [3.8, 4) is 11.1 Å². The summed E-state index contributed by atoms with van der Waals surface area (Å²) >= 11 is 5.80. The summed E-state index contributed by atoms with van der Waals surface area (Å²) in [5.41, 5.74) is 0.781. The van der Waals surface area contributed by atoms with Crippen LogP contribution in [0.3, 0.4) is 0 Å². The van der Waals surface area contributed by atoms with Gasteiger partial charge in [-0.25, -0.2) is 9.18 Å². The summed E-state index contributed by atoms with van der Waals surface area (Å²) in [5, 5.41) is 9.41. The predicted molar refractivity (Wildman–Crippen MR) is 61.6 cm³/mol. The maximum atomic E-state index is 13.0. The molecule has 0 atom stereocenters. The van der Waals surface area contributed by atoms with E-state index in [0.717, 1.165) is 6.20 Å². The molecule has 2 rings (SSSR count). The Hall–Kier alpha value is -1.94. The molecule has 0 aliphatic heterocycles. The van der Waals surface area contributed by atoms with E-state index in [1.807, 2.05) is 0 Å². The molecule has 0 radical (unpaired) electrons. The maximum Gasteiger partial charge on any atom is 0.336 e. The van der Waals surface area contributed by atoms with Crippen molar-refractivity contribution >= 4 is 17.6 Å². The lowest BCUT2D eigenvalue weighted by Gasteiger charge is -2.06. The van der Waals surface area contributed by atoms with Crippen molar-refractivity contribution in [3.05, 3.63) is 53.1 Å². The SMILES string of the molecule is O=C(O)c1ccc(Cl)cc1-c1cncc(F)c1. The van der Waals surface area contributed by atoms with Gasteiger partial charge < -0.3 is 5.11 Å². The topological polar surface area (TPSA) is 50.2 Å². The standard InChI is InChI=1S/C12H7ClFNO2/c13-8-1-2-10(12(16)17)11(4-8)7-3-9(14)6-15-5-7/h1-6H,(H,16,17). The van der Waals surface area contributed by atoms with Crippen molar-refractivity contribution in [1.82, 2.24) is 4.98 Å². The molecule has 1 heterocycles. The van der Waals surface area contributed by atoms with E-state index in [1.54, 1.807) is 0 Å². The second kappa shape index (κ2) is 4.51. The Morgan fingerprint density at radius 2 is 2.06 bits per heavy atom. The molecule has 0 fully saturated rings. The number of hydrogen-bond acceptors (Lipinski definition) is 2. The highest BCUT2D eigenvalue weighted by Crippen LogP contribution is 2.27. The Morgan fingerprint density at radius 3 is 2.71 bits per heavy atom. The van der Waals surface area contributed by atoms with Crippen LogP contribution in [0.25, 0.3) is 11.1 Å². The minimum absolute atomic E-state index is 0.0572. The quantitative estimate of drug-likeness (QED) is 0.891. The molecule has 0 unspecified atom stereocenters. The minimum Gasteiger partial charge on any atom is -0.478 e. The molecule has 0 amide bonds. The molecule has 1 aromatic heterocycles. The number of halogens is 2. The number of aromatic nitrogens is 1. The third-order valence-corrected chi connectivity index (χ3v) is 2.46. The van der Waals surface area contributed by atoms with E-state index >= 15 is 0 Å². The van der Waals surface area contributed by atoms with E-state index < -0.39 is 11.8 Å². The largest absolute Gasteiger partial charge is 0.478 e. The fraction of sp³-hybridized carbons (Fsp3) is 0. The lowest BCUT2D eigenvalue weighted by Crippen LogP contribution is -1.99. The highest BCUT2D eigenvalue weighted by molar-refractivity contribution is 6.31. The highest BCUT2D eigenvalue weighted by Gasteiger charge is 2.12. The summed E-state index contributed by atoms with van der Waals surface area (Å²) in [7, 11) is 0. The van der Waals surface area contributed by atoms with E-state index in [4.69, 9.17) is 16.7 Å². The molecular weight excluding hydrogens is 245 g/mol. The second-order valence-corrected chi connectivity index (χ2v) is 3.82. The van der Waals surface area contributed by atoms with Crippen LogP contribution in [0.5, 0.6) is 0 Å². The second-order valence-electron chi connectivity index (χ2n) is 3.39. The number of aromatic carboxylic acids is 1. The number of benzene rings is 1. The molecule has 1 N–H and O–H groups in total. The van der Waals surface area contributed by atoms with Gasteiger partial charge in [-0.2, -0.15) is 0 Å². The average molecular weight is 252 g/mol. The zero-order valence-corrected chi connectivity index (χ0v) is 9.28. The van der Waals surface area contributed by atoms with Gasteiger partial charge in [0, 0.05) is 16.8 Å². The summed E-state index contributed by atoms with van der Waals surface area (Å²) in [6.45, 7) is 0. The van der Waals surface area contributed by atoms with Crippen LogP contribution in [0, 0.1) is 5.82 Å². The van der Waals surface area contributed by atoms with Gasteiger partial charge in [0.15, 0.2) is 0 Å². The molecule has 17 heavy (non-hydrogen) atoms. The van der Waals surface area contributed by atoms with Crippen LogP contribution in [-0.4, -0.2) is 16.1 Å². The Labute approximate surface area is 101 Å². The fourth-order valence-corrected chi connectivity index (χ4v) is 1.67. The molecule has 0 aliphatic carbocycles. The van der Waals surface area contributed by atoms with Gasteiger partial charge in [0.1, 0.15) is 5.82 Å². The lowest BCUT2D eigenvalue weighted by atomic mass is 10.0. The Bertz CT molecular complexity index is 586. The molecule has 3 nitrogen and oxygen atoms in total. The van der Waals surface area contributed by atoms with E-state index in [9.17, 15) is 9.18 Å². The molecule has 5 heteroatoms. The first-order chi connectivity index (χ1) is 8.08. The molecule has 0 bridgehead atoms. The number of carbonyl (C=O) groups is 1. The number of nitrogens with zero attached hydrogens (tertiary/aromatic N) is 1. The van der Waals surface area contributed by atoms with E-state index in [0.29, 0.717) is 16.1 Å². The molecule has 0 aliphatic rings. The Balaban J connectivity index is 2.65. The van der Waals surface area contributed by atoms with Gasteiger partial charge in [-0.1, -0.05) is 11.6 Å². The Morgan fingerprint density at radius 1 is 1.29 bits per heavy atom. The van der Waals surface area contributed by atoms with Crippen LogP contribution in [0.1, 0.15) is 10.4 Å². The van der Waals surface area contributed by atoms with Crippen LogP contribution in [-0.2, 0) is 0 Å². The zero-order valence-electron chi connectivity index (χ0n) is 8.52. The number of carboxylic acids is 1. The summed E-state index contributed by atoms with van der Waals surface area (Å²) < 4.78 is 13.0. The van der Waals surface area contributed by atoms with Crippen molar-refractivity contribution in [2.75, 3.05) is 0 Å². The predicted octanol–water partition coefficient (Wildman–Crippen LogP) is 3.24. The van der Waals surface area contributed by atoms with Gasteiger partial charge in [0.2, 0.25) is 0 Å². The zero-order chi connectivity index (χ0) is 12.4. The van der Waals surface area contributed by atoms with E-state index in [1.165, 1.54) is 30.5 Å². The first-order valence-electron chi connectivity index (χ1n) is 4.71. The molecule has 0 saturated carbocycles. The molecule has 0 spiro atoms. The normalized spacial score (nSPS) is 10.2. The molecular formula is C12H7ClFNO2. The van der Waals surface area contributed by atoms with Crippen molar-refractivity contribution in [2.24, 2.45) is 0 Å². The summed E-state index contributed by atoms with van der Waals surface area (Å²) in [4.78, 5) is 14.7. The van der Waals surface area contributed by atoms with Crippen LogP contribution in [0.4, 0.5) is 4.39 Å². The number of hydrogen-bond donors (Lipinski definition) is 1. The van der Waals surface area contributed by atoms with Crippen molar-refractivity contribution in [1.29, 1.82) is 0 Å². The Kier molecular flexibility index (Phi) is 3.06. The summed E-state index contributed by atoms with van der Waals surface area (Å²) in [6, 6.07) is 5.54.